The highest BCUT2D eigenvalue weighted by Crippen LogP contribution is 2.51. The molecule has 0 radical (unpaired) electrons. The standard InChI is InChI=1S/C90H81BN4/c1-57-35-37-60(38-36-57)64-43-63(59-27-18-15-19-28-59)48-72(49-64)93-82-51-62(65-44-68(87(2,3)4)54-69(45-65)88(5,6)7)40-42-76(82)91-77-41-39-61(58-25-16-14-17-26-58)50-83(77)95(85-53-67(52-84(93)86(85)91)66-46-70(89(8,9)10)55-71(47-66)90(11,12)13)81-34-24-33-80(75(81)56-92)94-78-31-22-20-29-73(78)74-30-21-23-32-79(74)94/h14-55H,1-13H3/i1D3,14D,16D,17D,25D,26D. The van der Waals surface area contributed by atoms with Crippen LogP contribution < -0.4 is 26.2 Å². The molecule has 0 spiro atoms. The molecule has 0 saturated heterocycles. The van der Waals surface area contributed by atoms with Crippen LogP contribution in [0.15, 0.2) is 255 Å². The van der Waals surface area contributed by atoms with Gasteiger partial charge in [-0.3, -0.25) is 0 Å². The van der Waals surface area contributed by atoms with Crippen LogP contribution in [-0.4, -0.2) is 11.3 Å². The minimum absolute atomic E-state index is 0.0661. The van der Waals surface area contributed by atoms with Gasteiger partial charge in [-0.15, -0.1) is 0 Å². The summed E-state index contributed by atoms with van der Waals surface area (Å²) < 4.78 is 73.1. The van der Waals surface area contributed by atoms with Crippen molar-refractivity contribution in [3.8, 4) is 67.4 Å². The van der Waals surface area contributed by atoms with E-state index in [1.807, 2.05) is 72.8 Å². The highest BCUT2D eigenvalue weighted by molar-refractivity contribution is 7.00. The first-order valence-corrected chi connectivity index (χ1v) is 33.1. The zero-order valence-electron chi connectivity index (χ0n) is 64.2. The Morgan fingerprint density at radius 1 is 0.358 bits per heavy atom. The van der Waals surface area contributed by atoms with E-state index in [9.17, 15) is 8.00 Å². The Labute approximate surface area is 573 Å². The Hall–Kier alpha value is -10.4. The molecule has 95 heavy (non-hydrogen) atoms. The average molecular weight is 1240 g/mol. The van der Waals surface area contributed by atoms with Crippen LogP contribution in [0.2, 0.25) is 0 Å². The molecule has 3 heterocycles. The molecule has 0 aliphatic carbocycles. The van der Waals surface area contributed by atoms with Gasteiger partial charge in [-0.05, 0) is 190 Å². The van der Waals surface area contributed by atoms with Gasteiger partial charge < -0.3 is 14.4 Å². The van der Waals surface area contributed by atoms with Crippen molar-refractivity contribution in [2.45, 2.75) is 112 Å². The first-order chi connectivity index (χ1) is 48.8. The smallest absolute Gasteiger partial charge is 0.252 e. The fourth-order valence-corrected chi connectivity index (χ4v) is 14.3. The minimum Gasteiger partial charge on any atom is -0.311 e. The molecule has 0 N–H and O–H groups in total. The van der Waals surface area contributed by atoms with Crippen molar-refractivity contribution in [1.29, 1.82) is 5.26 Å². The van der Waals surface area contributed by atoms with Crippen LogP contribution in [0.5, 0.6) is 0 Å². The molecule has 4 nitrogen and oxygen atoms in total. The lowest BCUT2D eigenvalue weighted by Crippen LogP contribution is -2.61. The molecule has 0 fully saturated rings. The quantitative estimate of drug-likeness (QED) is 0.142. The number of aryl methyl sites for hydroxylation is 1. The molecular weight excluding hydrogens is 1150 g/mol. The fourth-order valence-electron chi connectivity index (χ4n) is 14.3. The summed E-state index contributed by atoms with van der Waals surface area (Å²) in [5.74, 6) is 0. The van der Waals surface area contributed by atoms with E-state index < -0.39 is 31.7 Å². The second-order valence-corrected chi connectivity index (χ2v) is 30.0. The predicted octanol–water partition coefficient (Wildman–Crippen LogP) is 22.6. The molecule has 464 valence electrons. The number of benzene rings is 12. The third kappa shape index (κ3) is 10.7. The lowest BCUT2D eigenvalue weighted by molar-refractivity contribution is 0.568. The van der Waals surface area contributed by atoms with Crippen molar-refractivity contribution in [3.63, 3.8) is 0 Å². The van der Waals surface area contributed by atoms with Crippen molar-refractivity contribution in [2.24, 2.45) is 0 Å². The van der Waals surface area contributed by atoms with Gasteiger partial charge in [0.1, 0.15) is 11.6 Å². The SMILES string of the molecule is [2H]c1c([2H])c([2H])c(-c2ccc3c(c2)N(c2cccc(-n4c5ccccc5c5ccccc54)c2C#N)c2cc(-c4cc(C(C)(C)C)cc(C(C)(C)C)c4)cc4c2B3c2ccc(-c3cc(C(C)(C)C)cc(C(C)(C)C)c3)cc2N4c2cc(-c3ccccc3)cc(-c3ccc(C([2H])([2H])[2H])cc3)c2)c([2H])c1[2H]. The second kappa shape index (κ2) is 22.7. The number of hydrogen-bond donors (Lipinski definition) is 0. The van der Waals surface area contributed by atoms with E-state index in [0.717, 1.165) is 105 Å². The number of rotatable bonds is 8. The Bertz CT molecular complexity index is 5550. The molecule has 15 rings (SSSR count). The maximum atomic E-state index is 12.3. The fraction of sp³-hybridized carbons (Fsp3) is 0.189. The van der Waals surface area contributed by atoms with Gasteiger partial charge in [-0.25, -0.2) is 0 Å². The summed E-state index contributed by atoms with van der Waals surface area (Å²) in [6.07, 6.45) is 0. The summed E-state index contributed by atoms with van der Waals surface area (Å²) >= 11 is 0. The van der Waals surface area contributed by atoms with Gasteiger partial charge >= 0.3 is 0 Å². The molecule has 1 aromatic heterocycles. The summed E-state index contributed by atoms with van der Waals surface area (Å²) in [6, 6.07) is 79.3. The monoisotopic (exact) mass is 1240 g/mol. The molecule has 0 unspecified atom stereocenters. The van der Waals surface area contributed by atoms with E-state index in [0.29, 0.717) is 28.2 Å². The largest absolute Gasteiger partial charge is 0.311 e. The first-order valence-electron chi connectivity index (χ1n) is 37.1. The summed E-state index contributed by atoms with van der Waals surface area (Å²) in [5, 5.41) is 14.4. The molecule has 12 aromatic carbocycles. The Morgan fingerprint density at radius 3 is 1.32 bits per heavy atom. The molecule has 0 bridgehead atoms. The summed E-state index contributed by atoms with van der Waals surface area (Å²) in [5.41, 5.74) is 22.7. The number of nitrogens with zero attached hydrogens (tertiary/aromatic N) is 4. The number of para-hydroxylation sites is 2. The van der Waals surface area contributed by atoms with E-state index in [1.165, 1.54) is 22.3 Å². The van der Waals surface area contributed by atoms with Crippen molar-refractivity contribution in [1.82, 2.24) is 4.57 Å². The number of nitriles is 1. The summed E-state index contributed by atoms with van der Waals surface area (Å²) in [4.78, 5) is 4.65. The number of aromatic nitrogens is 1. The Morgan fingerprint density at radius 2 is 0.789 bits per heavy atom. The maximum absolute atomic E-state index is 12.3. The van der Waals surface area contributed by atoms with E-state index in [2.05, 4.69) is 243 Å². The summed E-state index contributed by atoms with van der Waals surface area (Å²) in [7, 11) is 0. The van der Waals surface area contributed by atoms with Crippen LogP contribution in [0.25, 0.3) is 83.1 Å². The van der Waals surface area contributed by atoms with Gasteiger partial charge in [0.05, 0.1) is 29.3 Å². The second-order valence-electron chi connectivity index (χ2n) is 30.0. The zero-order valence-corrected chi connectivity index (χ0v) is 56.2. The highest BCUT2D eigenvalue weighted by atomic mass is 15.2. The maximum Gasteiger partial charge on any atom is 0.252 e. The summed E-state index contributed by atoms with van der Waals surface area (Å²) in [6.45, 7) is 24.3. The van der Waals surface area contributed by atoms with Gasteiger partial charge in [0.25, 0.3) is 6.71 Å². The van der Waals surface area contributed by atoms with Crippen LogP contribution >= 0.6 is 0 Å². The lowest BCUT2D eigenvalue weighted by atomic mass is 9.33. The topological polar surface area (TPSA) is 35.2 Å². The van der Waals surface area contributed by atoms with Gasteiger partial charge in [0.2, 0.25) is 0 Å². The van der Waals surface area contributed by atoms with Crippen molar-refractivity contribution in [2.75, 3.05) is 9.80 Å². The molecular formula is C90H81BN4. The van der Waals surface area contributed by atoms with E-state index in [1.54, 1.807) is 12.1 Å². The highest BCUT2D eigenvalue weighted by Gasteiger charge is 2.45. The molecule has 0 atom stereocenters. The van der Waals surface area contributed by atoms with Crippen molar-refractivity contribution < 1.29 is 11.0 Å². The van der Waals surface area contributed by atoms with Gasteiger partial charge in [-0.2, -0.15) is 5.26 Å². The van der Waals surface area contributed by atoms with E-state index in [-0.39, 0.29) is 44.9 Å². The van der Waals surface area contributed by atoms with E-state index >= 15 is 0 Å². The first kappa shape index (κ1) is 52.0. The number of fused-ring (bicyclic) bond motifs is 7. The third-order valence-corrected chi connectivity index (χ3v) is 19.6. The average Bonchev–Trinajstić information content (AvgIpc) is 1.10. The van der Waals surface area contributed by atoms with Crippen molar-refractivity contribution in [3.05, 3.63) is 288 Å². The molecule has 2 aliphatic rings. The molecule has 0 saturated carbocycles. The lowest BCUT2D eigenvalue weighted by Gasteiger charge is -2.45. The van der Waals surface area contributed by atoms with Crippen molar-refractivity contribution >= 4 is 79.0 Å². The Balaban J connectivity index is 1.12. The van der Waals surface area contributed by atoms with E-state index in [4.69, 9.17) is 8.22 Å². The van der Waals surface area contributed by atoms with Crippen LogP contribution in [0.3, 0.4) is 0 Å². The van der Waals surface area contributed by atoms with Gasteiger partial charge in [0, 0.05) is 43.3 Å². The third-order valence-electron chi connectivity index (χ3n) is 19.6. The number of hydrogen-bond acceptors (Lipinski definition) is 3. The molecule has 13 aromatic rings. The molecule has 5 heteroatoms. The van der Waals surface area contributed by atoms with Crippen LogP contribution in [0.4, 0.5) is 34.1 Å². The molecule has 2 aliphatic heterocycles. The Kier molecular flexibility index (Phi) is 12.4. The number of anilines is 6. The van der Waals surface area contributed by atoms with Crippen LogP contribution in [0.1, 0.15) is 127 Å². The minimum atomic E-state index is -2.31. The van der Waals surface area contributed by atoms with Gasteiger partial charge in [0.15, 0.2) is 0 Å². The normalized spacial score (nSPS) is 14.4. The van der Waals surface area contributed by atoms with Gasteiger partial charge in [-0.1, -0.05) is 277 Å². The molecule has 0 amide bonds. The van der Waals surface area contributed by atoms with Crippen LogP contribution in [-0.2, 0) is 21.7 Å². The van der Waals surface area contributed by atoms with Crippen LogP contribution in [0, 0.1) is 18.2 Å². The zero-order chi connectivity index (χ0) is 72.9. The predicted molar refractivity (Wildman–Crippen MR) is 406 cm³/mol.